The smallest absolute Gasteiger partial charge is 0.283 e. The summed E-state index contributed by atoms with van der Waals surface area (Å²) in [6.07, 6.45) is 1.59. The van der Waals surface area contributed by atoms with Crippen LogP contribution in [-0.4, -0.2) is 22.7 Å². The molecule has 2 N–H and O–H groups in total. The Hall–Kier alpha value is -2.91. The molecule has 0 atom stereocenters. The number of hydrogen-bond acceptors (Lipinski definition) is 6. The van der Waals surface area contributed by atoms with Crippen LogP contribution in [0.2, 0.25) is 10.0 Å². The molecule has 0 fully saturated rings. The number of thiazole rings is 1. The molecule has 0 saturated heterocycles. The average molecular weight is 494 g/mol. The van der Waals surface area contributed by atoms with Gasteiger partial charge in [0.25, 0.3) is 17.7 Å². The standard InChI is InChI=1S/C20H11Cl3N4O3S/c21-11-7-12(22)9-14(8-11)27-18(29)15(23)16(19(27)30)25-13-3-1-10(2-4-13)17(28)26-20-24-5-6-31-20/h1-9,25H,(H,24,26,28). The van der Waals surface area contributed by atoms with Gasteiger partial charge in [-0.2, -0.15) is 0 Å². The molecule has 0 unspecified atom stereocenters. The van der Waals surface area contributed by atoms with Crippen LogP contribution >= 0.6 is 46.1 Å². The number of aromatic nitrogens is 1. The monoisotopic (exact) mass is 492 g/mol. The van der Waals surface area contributed by atoms with Gasteiger partial charge in [0.2, 0.25) is 0 Å². The zero-order valence-electron chi connectivity index (χ0n) is 15.4. The highest BCUT2D eigenvalue weighted by atomic mass is 35.5. The van der Waals surface area contributed by atoms with Crippen molar-refractivity contribution in [1.29, 1.82) is 0 Å². The number of nitrogens with zero attached hydrogens (tertiary/aromatic N) is 2. The molecule has 31 heavy (non-hydrogen) atoms. The van der Waals surface area contributed by atoms with Crippen LogP contribution in [0, 0.1) is 0 Å². The summed E-state index contributed by atoms with van der Waals surface area (Å²) < 4.78 is 0. The van der Waals surface area contributed by atoms with Crippen molar-refractivity contribution < 1.29 is 14.4 Å². The third kappa shape index (κ3) is 4.42. The van der Waals surface area contributed by atoms with Crippen molar-refractivity contribution in [3.05, 3.63) is 80.4 Å². The molecular weight excluding hydrogens is 483 g/mol. The number of amides is 3. The van der Waals surface area contributed by atoms with Gasteiger partial charge >= 0.3 is 0 Å². The van der Waals surface area contributed by atoms with Gasteiger partial charge in [-0.05, 0) is 42.5 Å². The van der Waals surface area contributed by atoms with Crippen molar-refractivity contribution in [3.8, 4) is 0 Å². The summed E-state index contributed by atoms with van der Waals surface area (Å²) in [5.41, 5.74) is 0.968. The van der Waals surface area contributed by atoms with Gasteiger partial charge in [0.05, 0.1) is 5.69 Å². The normalized spacial score (nSPS) is 13.7. The number of anilines is 3. The first-order chi connectivity index (χ1) is 14.8. The van der Waals surface area contributed by atoms with Gasteiger partial charge in [-0.15, -0.1) is 11.3 Å². The van der Waals surface area contributed by atoms with Crippen LogP contribution in [-0.2, 0) is 9.59 Å². The maximum Gasteiger partial charge on any atom is 0.283 e. The molecule has 1 aliphatic heterocycles. The Morgan fingerprint density at radius 1 is 0.968 bits per heavy atom. The third-order valence-corrected chi connectivity index (χ3v) is 5.68. The number of rotatable bonds is 5. The minimum Gasteiger partial charge on any atom is -0.350 e. The third-order valence-electron chi connectivity index (χ3n) is 4.20. The number of imide groups is 1. The van der Waals surface area contributed by atoms with Gasteiger partial charge in [0.15, 0.2) is 5.13 Å². The van der Waals surface area contributed by atoms with Crippen molar-refractivity contribution in [2.24, 2.45) is 0 Å². The predicted octanol–water partition coefficient (Wildman–Crippen LogP) is 5.14. The second kappa shape index (κ2) is 8.68. The number of nitrogens with one attached hydrogen (secondary N) is 2. The van der Waals surface area contributed by atoms with Crippen molar-refractivity contribution in [3.63, 3.8) is 0 Å². The zero-order chi connectivity index (χ0) is 22.1. The van der Waals surface area contributed by atoms with Crippen LogP contribution in [0.25, 0.3) is 0 Å². The maximum atomic E-state index is 12.9. The zero-order valence-corrected chi connectivity index (χ0v) is 18.4. The van der Waals surface area contributed by atoms with Crippen LogP contribution in [0.1, 0.15) is 10.4 Å². The Bertz CT molecular complexity index is 1210. The van der Waals surface area contributed by atoms with Crippen LogP contribution in [0.5, 0.6) is 0 Å². The van der Waals surface area contributed by atoms with Crippen molar-refractivity contribution in [2.75, 3.05) is 15.5 Å². The first kappa shape index (κ1) is 21.3. The summed E-state index contributed by atoms with van der Waals surface area (Å²) in [5, 5.41) is 8.02. The van der Waals surface area contributed by atoms with Gasteiger partial charge in [0.1, 0.15) is 10.7 Å². The molecule has 2 heterocycles. The number of halogens is 3. The minimum atomic E-state index is -0.702. The van der Waals surface area contributed by atoms with Crippen LogP contribution in [0.3, 0.4) is 0 Å². The van der Waals surface area contributed by atoms with E-state index in [1.807, 2.05) is 0 Å². The summed E-state index contributed by atoms with van der Waals surface area (Å²) in [7, 11) is 0. The summed E-state index contributed by atoms with van der Waals surface area (Å²) in [6, 6.07) is 10.7. The molecule has 156 valence electrons. The van der Waals surface area contributed by atoms with Crippen molar-refractivity contribution in [1.82, 2.24) is 4.98 Å². The summed E-state index contributed by atoms with van der Waals surface area (Å²) in [4.78, 5) is 42.5. The van der Waals surface area contributed by atoms with Gasteiger partial charge in [-0.3, -0.25) is 19.7 Å². The maximum absolute atomic E-state index is 12.9. The van der Waals surface area contributed by atoms with E-state index < -0.39 is 11.8 Å². The molecule has 0 bridgehead atoms. The lowest BCUT2D eigenvalue weighted by Crippen LogP contribution is -2.32. The fourth-order valence-corrected chi connectivity index (χ4v) is 4.07. The SMILES string of the molecule is O=C(Nc1nccs1)c1ccc(NC2=C(Cl)C(=O)N(c3cc(Cl)cc(Cl)c3)C2=O)cc1. The number of carbonyl (C=O) groups excluding carboxylic acids is 3. The van der Waals surface area contributed by atoms with E-state index in [9.17, 15) is 14.4 Å². The van der Waals surface area contributed by atoms with E-state index in [4.69, 9.17) is 34.8 Å². The topological polar surface area (TPSA) is 91.4 Å². The minimum absolute atomic E-state index is 0.0947. The number of carbonyl (C=O) groups is 3. The molecule has 2 aromatic carbocycles. The van der Waals surface area contributed by atoms with Gasteiger partial charge < -0.3 is 5.32 Å². The van der Waals surface area contributed by atoms with Crippen molar-refractivity contribution >= 4 is 80.4 Å². The molecule has 3 aromatic rings. The second-order valence-corrected chi connectivity index (χ2v) is 8.40. The molecule has 0 spiro atoms. The molecule has 4 rings (SSSR count). The van der Waals surface area contributed by atoms with Crippen LogP contribution in [0.15, 0.2) is 64.8 Å². The molecule has 1 aromatic heterocycles. The van der Waals surface area contributed by atoms with Crippen LogP contribution < -0.4 is 15.5 Å². The molecule has 3 amide bonds. The fraction of sp³-hybridized carbons (Fsp3) is 0. The molecular formula is C20H11Cl3N4O3S. The lowest BCUT2D eigenvalue weighted by atomic mass is 10.2. The quantitative estimate of drug-likeness (QED) is 0.480. The largest absolute Gasteiger partial charge is 0.350 e. The second-order valence-electron chi connectivity index (χ2n) is 6.26. The number of benzene rings is 2. The fourth-order valence-electron chi connectivity index (χ4n) is 2.82. The molecule has 0 aliphatic carbocycles. The van der Waals surface area contributed by atoms with E-state index in [1.54, 1.807) is 35.8 Å². The lowest BCUT2D eigenvalue weighted by molar-refractivity contribution is -0.120. The molecule has 7 nitrogen and oxygen atoms in total. The Balaban J connectivity index is 1.51. The Morgan fingerprint density at radius 3 is 2.26 bits per heavy atom. The predicted molar refractivity (Wildman–Crippen MR) is 122 cm³/mol. The van der Waals surface area contributed by atoms with E-state index in [2.05, 4.69) is 15.6 Å². The molecule has 11 heteroatoms. The lowest BCUT2D eigenvalue weighted by Gasteiger charge is -2.16. The Morgan fingerprint density at radius 2 is 1.65 bits per heavy atom. The molecule has 0 saturated carbocycles. The van der Waals surface area contributed by atoms with E-state index in [-0.39, 0.29) is 32.4 Å². The highest BCUT2D eigenvalue weighted by molar-refractivity contribution is 7.13. The summed E-state index contributed by atoms with van der Waals surface area (Å²) in [6.45, 7) is 0. The van der Waals surface area contributed by atoms with Crippen LogP contribution in [0.4, 0.5) is 16.5 Å². The van der Waals surface area contributed by atoms with E-state index in [0.717, 1.165) is 4.90 Å². The van der Waals surface area contributed by atoms with E-state index >= 15 is 0 Å². The molecule has 1 aliphatic rings. The highest BCUT2D eigenvalue weighted by Gasteiger charge is 2.39. The van der Waals surface area contributed by atoms with Gasteiger partial charge in [-0.1, -0.05) is 34.8 Å². The summed E-state index contributed by atoms with van der Waals surface area (Å²) >= 11 is 19.4. The molecule has 0 radical (unpaired) electrons. The summed E-state index contributed by atoms with van der Waals surface area (Å²) in [5.74, 6) is -1.68. The first-order valence-corrected chi connectivity index (χ1v) is 10.7. The van der Waals surface area contributed by atoms with Gasteiger partial charge in [0, 0.05) is 32.9 Å². The Labute approximate surface area is 195 Å². The average Bonchev–Trinajstić information content (AvgIpc) is 3.30. The Kier molecular flexibility index (Phi) is 5.97. The van der Waals surface area contributed by atoms with E-state index in [1.165, 1.54) is 29.5 Å². The van der Waals surface area contributed by atoms with E-state index in [0.29, 0.717) is 16.4 Å². The van der Waals surface area contributed by atoms with Gasteiger partial charge in [-0.25, -0.2) is 9.88 Å². The van der Waals surface area contributed by atoms with Crippen molar-refractivity contribution in [2.45, 2.75) is 0 Å². The first-order valence-electron chi connectivity index (χ1n) is 8.66. The highest BCUT2D eigenvalue weighted by Crippen LogP contribution is 2.33. The number of hydrogen-bond donors (Lipinski definition) is 2.